The Morgan fingerprint density at radius 3 is 2.10 bits per heavy atom. The molecule has 0 unspecified atom stereocenters. The second-order valence-corrected chi connectivity index (χ2v) is 13.5. The largest absolute Gasteiger partial charge is 0.493 e. The van der Waals surface area contributed by atoms with E-state index in [9.17, 15) is 39.2 Å². The summed E-state index contributed by atoms with van der Waals surface area (Å²) in [5.41, 5.74) is 3.06. The van der Waals surface area contributed by atoms with E-state index < -0.39 is 42.6 Å². The van der Waals surface area contributed by atoms with Crippen molar-refractivity contribution in [1.82, 2.24) is 4.90 Å². The highest BCUT2D eigenvalue weighted by Gasteiger charge is 2.49. The number of ether oxygens (including phenoxy) is 4. The molecule has 52 heavy (non-hydrogen) atoms. The molecule has 0 aliphatic carbocycles. The predicted octanol–water partition coefficient (Wildman–Crippen LogP) is 3.36. The minimum absolute atomic E-state index is 0.0196. The molecular weight excluding hydrogens is 679 g/mol. The predicted molar refractivity (Wildman–Crippen MR) is 184 cm³/mol. The molecule has 6 rings (SSSR count). The van der Waals surface area contributed by atoms with Crippen LogP contribution in [0, 0.1) is 11.2 Å². The van der Waals surface area contributed by atoms with E-state index in [1.54, 1.807) is 29.2 Å². The number of aliphatic carboxylic acids is 1. The minimum atomic E-state index is -1.91. The van der Waals surface area contributed by atoms with Crippen LogP contribution in [-0.4, -0.2) is 107 Å². The molecule has 3 heterocycles. The number of hydrogen-bond donors (Lipinski definition) is 4. The third-order valence-electron chi connectivity index (χ3n) is 9.95. The van der Waals surface area contributed by atoms with Gasteiger partial charge in [0.25, 0.3) is 0 Å². The van der Waals surface area contributed by atoms with Gasteiger partial charge in [0.2, 0.25) is 12.2 Å². The van der Waals surface area contributed by atoms with Gasteiger partial charge < -0.3 is 44.3 Å². The number of carboxylic acid groups (broad SMARTS) is 1. The third-order valence-corrected chi connectivity index (χ3v) is 9.95. The van der Waals surface area contributed by atoms with Gasteiger partial charge in [-0.15, -0.1) is 0 Å². The molecular formula is C38H43FN2O11. The smallest absolute Gasteiger partial charge is 0.340 e. The highest BCUT2D eigenvalue weighted by atomic mass is 19.1. The molecule has 4 N–H and O–H groups in total. The maximum atomic E-state index is 13.7. The summed E-state index contributed by atoms with van der Waals surface area (Å²) >= 11 is 0. The fourth-order valence-corrected chi connectivity index (χ4v) is 7.19. The first-order valence-corrected chi connectivity index (χ1v) is 17.4. The molecule has 0 radical (unpaired) electrons. The normalized spacial score (nSPS) is 24.5. The lowest BCUT2D eigenvalue weighted by Gasteiger charge is -2.39. The first kappa shape index (κ1) is 37.2. The maximum Gasteiger partial charge on any atom is 0.340 e. The highest BCUT2D eigenvalue weighted by molar-refractivity contribution is 5.97. The molecule has 3 aromatic rings. The Morgan fingerprint density at radius 2 is 1.52 bits per heavy atom. The number of esters is 1. The number of piperidine rings is 1. The van der Waals surface area contributed by atoms with Crippen LogP contribution in [0.2, 0.25) is 0 Å². The molecule has 0 bridgehead atoms. The Kier molecular flexibility index (Phi) is 11.1. The van der Waals surface area contributed by atoms with Gasteiger partial charge in [-0.25, -0.2) is 14.0 Å². The van der Waals surface area contributed by atoms with Crippen molar-refractivity contribution in [2.45, 2.75) is 70.4 Å². The van der Waals surface area contributed by atoms with Crippen LogP contribution in [0.4, 0.5) is 10.1 Å². The topological polar surface area (TPSA) is 176 Å². The number of aliphatic hydroxyl groups excluding tert-OH is 3. The maximum absolute atomic E-state index is 13.7. The van der Waals surface area contributed by atoms with E-state index in [1.165, 1.54) is 24.3 Å². The van der Waals surface area contributed by atoms with Gasteiger partial charge in [-0.05, 0) is 105 Å². The van der Waals surface area contributed by atoms with Crippen LogP contribution in [-0.2, 0) is 25.6 Å². The van der Waals surface area contributed by atoms with E-state index in [1.807, 2.05) is 26.0 Å². The first-order valence-electron chi connectivity index (χ1n) is 17.4. The number of benzene rings is 3. The van der Waals surface area contributed by atoms with Crippen molar-refractivity contribution in [2.75, 3.05) is 37.7 Å². The van der Waals surface area contributed by atoms with Gasteiger partial charge in [0.05, 0.1) is 24.3 Å². The van der Waals surface area contributed by atoms with Crippen molar-refractivity contribution in [3.63, 3.8) is 0 Å². The number of carboxylic acids is 1. The molecule has 5 atom stereocenters. The van der Waals surface area contributed by atoms with Crippen LogP contribution < -0.4 is 14.4 Å². The molecule has 3 aliphatic rings. The Balaban J connectivity index is 1.08. The zero-order valence-corrected chi connectivity index (χ0v) is 28.9. The third kappa shape index (κ3) is 7.76. The van der Waals surface area contributed by atoms with Crippen molar-refractivity contribution >= 4 is 23.5 Å². The second-order valence-electron chi connectivity index (χ2n) is 13.5. The summed E-state index contributed by atoms with van der Waals surface area (Å²) in [6.07, 6.45) is -7.39. The number of carbonyl (C=O) groups excluding carboxylic acids is 2. The SMILES string of the molecule is CCOc1cc(CN2CCC3(CC2)CC(=O)N(c2ccc(C(=O)O[C@@H]4O[C@H](C(=O)O)[C@@H](O)[C@H](O)[C@H]4O)cc2)C3)cc(OCC)c1-c1ccc(F)cc1. The Morgan fingerprint density at radius 1 is 0.904 bits per heavy atom. The van der Waals surface area contributed by atoms with Gasteiger partial charge in [0, 0.05) is 25.2 Å². The lowest BCUT2D eigenvalue weighted by Crippen LogP contribution is -2.60. The van der Waals surface area contributed by atoms with E-state index in [2.05, 4.69) is 4.90 Å². The Bertz CT molecular complexity index is 1730. The summed E-state index contributed by atoms with van der Waals surface area (Å²) in [4.78, 5) is 41.5. The number of hydrogen-bond acceptors (Lipinski definition) is 11. The monoisotopic (exact) mass is 722 g/mol. The van der Waals surface area contributed by atoms with Crippen LogP contribution >= 0.6 is 0 Å². The number of nitrogens with zero attached hydrogens (tertiary/aromatic N) is 2. The molecule has 0 aromatic heterocycles. The Hall–Kier alpha value is -4.60. The van der Waals surface area contributed by atoms with Gasteiger partial charge in [-0.2, -0.15) is 0 Å². The van der Waals surface area contributed by atoms with Crippen molar-refractivity contribution in [1.29, 1.82) is 0 Å². The summed E-state index contributed by atoms with van der Waals surface area (Å²) in [6.45, 7) is 7.49. The number of halogens is 1. The summed E-state index contributed by atoms with van der Waals surface area (Å²) in [5.74, 6) is -1.54. The minimum Gasteiger partial charge on any atom is -0.493 e. The molecule has 3 aromatic carbocycles. The molecule has 13 nitrogen and oxygen atoms in total. The van der Waals surface area contributed by atoms with Crippen molar-refractivity contribution in [3.05, 3.63) is 77.6 Å². The molecule has 3 saturated heterocycles. The molecule has 14 heteroatoms. The van der Waals surface area contributed by atoms with Crippen molar-refractivity contribution in [3.8, 4) is 22.6 Å². The number of anilines is 1. The van der Waals surface area contributed by atoms with Gasteiger partial charge >= 0.3 is 11.9 Å². The Labute approximate surface area is 300 Å². The van der Waals surface area contributed by atoms with Gasteiger partial charge in [0.1, 0.15) is 35.6 Å². The van der Waals surface area contributed by atoms with Crippen LogP contribution in [0.3, 0.4) is 0 Å². The van der Waals surface area contributed by atoms with Gasteiger partial charge in [-0.1, -0.05) is 12.1 Å². The zero-order chi connectivity index (χ0) is 37.2. The van der Waals surface area contributed by atoms with Crippen LogP contribution in [0.15, 0.2) is 60.7 Å². The highest BCUT2D eigenvalue weighted by Crippen LogP contribution is 2.44. The van der Waals surface area contributed by atoms with E-state index >= 15 is 0 Å². The van der Waals surface area contributed by atoms with Crippen molar-refractivity contribution in [2.24, 2.45) is 5.41 Å². The standard InChI is InChI=1S/C38H43FN2O11/c1-3-49-27-17-22(18-28(50-4-2)30(27)23-5-9-25(39)10-6-23)20-40-15-13-38(14-16-40)19-29(42)41(21-38)26-11-7-24(8-12-26)36(48)52-37-33(45)31(43)32(44)34(51-37)35(46)47/h5-12,17-18,31-34,37,43-45H,3-4,13-16,19-21H2,1-2H3,(H,46,47)/t31-,32-,33+,34-,37-/m0/s1. The zero-order valence-electron chi connectivity index (χ0n) is 28.9. The van der Waals surface area contributed by atoms with Gasteiger partial charge in [0.15, 0.2) is 6.10 Å². The average molecular weight is 723 g/mol. The van der Waals surface area contributed by atoms with Crippen LogP contribution in [0.5, 0.6) is 11.5 Å². The van der Waals surface area contributed by atoms with Crippen LogP contribution in [0.25, 0.3) is 11.1 Å². The lowest BCUT2D eigenvalue weighted by molar-refractivity contribution is -0.278. The molecule has 1 amide bonds. The van der Waals surface area contributed by atoms with E-state index in [4.69, 9.17) is 18.9 Å². The fourth-order valence-electron chi connectivity index (χ4n) is 7.19. The molecule has 3 fully saturated rings. The molecule has 278 valence electrons. The summed E-state index contributed by atoms with van der Waals surface area (Å²) in [5, 5.41) is 39.3. The average Bonchev–Trinajstić information content (AvgIpc) is 3.45. The summed E-state index contributed by atoms with van der Waals surface area (Å²) in [7, 11) is 0. The van der Waals surface area contributed by atoms with Crippen molar-refractivity contribution < 1.29 is 58.1 Å². The number of likely N-dealkylation sites (tertiary alicyclic amines) is 1. The number of amides is 1. The second kappa shape index (κ2) is 15.6. The van der Waals surface area contributed by atoms with E-state index in [0.29, 0.717) is 49.9 Å². The fraction of sp³-hybridized carbons (Fsp3) is 0.447. The number of rotatable bonds is 11. The molecule has 3 aliphatic heterocycles. The first-order chi connectivity index (χ1) is 24.9. The summed E-state index contributed by atoms with van der Waals surface area (Å²) in [6, 6.07) is 16.4. The molecule has 0 saturated carbocycles. The number of carbonyl (C=O) groups is 3. The van der Waals surface area contributed by atoms with Gasteiger partial charge in [-0.3, -0.25) is 9.69 Å². The lowest BCUT2D eigenvalue weighted by atomic mass is 9.77. The molecule has 1 spiro atoms. The van der Waals surface area contributed by atoms with E-state index in [-0.39, 0.29) is 22.7 Å². The number of aliphatic hydroxyl groups is 3. The van der Waals surface area contributed by atoms with E-state index in [0.717, 1.165) is 42.6 Å². The summed E-state index contributed by atoms with van der Waals surface area (Å²) < 4.78 is 35.9. The quantitative estimate of drug-likeness (QED) is 0.213. The van der Waals surface area contributed by atoms with Crippen LogP contribution in [0.1, 0.15) is 49.0 Å².